The van der Waals surface area contributed by atoms with Crippen LogP contribution in [0.3, 0.4) is 0 Å². The van der Waals surface area contributed by atoms with Crippen LogP contribution in [0.2, 0.25) is 0 Å². The molecule has 10 aromatic rings. The number of aldehydes is 4. The predicted octanol–water partition coefficient (Wildman–Crippen LogP) is 22.1. The number of thiol groups is 1. The summed E-state index contributed by atoms with van der Waals surface area (Å²) in [5, 5.41) is 31.7. The first-order valence-electron chi connectivity index (χ1n) is 46.4. The van der Waals surface area contributed by atoms with E-state index in [0.29, 0.717) is 94.0 Å². The minimum absolute atomic E-state index is 0. The molecule has 4 aliphatic heterocycles. The number of H-pyrrole nitrogens is 1. The van der Waals surface area contributed by atoms with Crippen molar-refractivity contribution in [1.29, 1.82) is 0 Å². The number of nitrogens with zero attached hydrogens (tertiary/aromatic N) is 10. The second-order valence-corrected chi connectivity index (χ2v) is 44.5. The van der Waals surface area contributed by atoms with E-state index in [2.05, 4.69) is 225 Å². The van der Waals surface area contributed by atoms with Crippen molar-refractivity contribution < 1.29 is 65.5 Å². The lowest BCUT2D eigenvalue weighted by atomic mass is 9.69. The third-order valence-electron chi connectivity index (χ3n) is 22.7. The fraction of sp³-hybridized carbons (Fsp3) is 0.456. The Balaban J connectivity index is 0.000000218. The quantitative estimate of drug-likeness (QED) is 0.00928. The van der Waals surface area contributed by atoms with Crippen molar-refractivity contribution >= 4 is 159 Å². The van der Waals surface area contributed by atoms with Crippen LogP contribution in [0.15, 0.2) is 251 Å². The molecule has 6 aliphatic rings. The van der Waals surface area contributed by atoms with E-state index in [9.17, 15) is 46.8 Å². The van der Waals surface area contributed by atoms with Gasteiger partial charge in [-0.05, 0) is 172 Å². The fourth-order valence-electron chi connectivity index (χ4n) is 14.5. The van der Waals surface area contributed by atoms with Crippen molar-refractivity contribution in [2.45, 2.75) is 245 Å². The van der Waals surface area contributed by atoms with E-state index >= 15 is 0 Å². The summed E-state index contributed by atoms with van der Waals surface area (Å²) in [6.45, 7) is 21.3. The smallest absolute Gasteiger partial charge is 0.410 e. The van der Waals surface area contributed by atoms with E-state index in [1.165, 1.54) is 78.4 Å². The summed E-state index contributed by atoms with van der Waals surface area (Å²) in [5.41, 5.74) is 6.36. The maximum Gasteiger partial charge on any atom is 0.410 e. The highest BCUT2D eigenvalue weighted by Gasteiger charge is 2.43. The molecule has 3 N–H and O–H groups in total. The highest BCUT2D eigenvalue weighted by atomic mass is 79.9. The number of aromatic amines is 1. The summed E-state index contributed by atoms with van der Waals surface area (Å²) in [4.78, 5) is 96.1. The molecule has 6 aromatic carbocycles. The minimum atomic E-state index is -3.42. The molecular weight excluding hydrogens is 1970 g/mol. The number of carbonyl (C=O) groups excluding carboxylic acids is 7. The maximum atomic E-state index is 12.7. The number of carbonyl (C=O) groups is 8. The van der Waals surface area contributed by atoms with Crippen LogP contribution >= 0.6 is 99.8 Å². The zero-order valence-corrected chi connectivity index (χ0v) is 88.6. The Kier molecular flexibility index (Phi) is 51.9. The fourth-order valence-corrected chi connectivity index (χ4v) is 19.4. The number of benzene rings is 6. The zero-order valence-electron chi connectivity index (χ0n) is 80.4. The number of ether oxygens (including phenoxy) is 2. The summed E-state index contributed by atoms with van der Waals surface area (Å²) in [6, 6.07) is 63.3. The lowest BCUT2D eigenvalue weighted by molar-refractivity contribution is -0.152. The molecule has 35 heteroatoms. The van der Waals surface area contributed by atoms with Gasteiger partial charge in [0.2, 0.25) is 5.91 Å². The summed E-state index contributed by atoms with van der Waals surface area (Å²) >= 11 is 15.5. The van der Waals surface area contributed by atoms with Gasteiger partial charge in [-0.25, -0.2) is 9.59 Å². The van der Waals surface area contributed by atoms with Gasteiger partial charge in [-0.2, -0.15) is 41.4 Å². The number of aliphatic carboxylic acids is 1. The first-order chi connectivity index (χ1) is 65.7. The van der Waals surface area contributed by atoms with Crippen LogP contribution in [0.25, 0.3) is 0 Å². The lowest BCUT2D eigenvalue weighted by Gasteiger charge is -2.43. The molecule has 0 radical (unpaired) electrons. The van der Waals surface area contributed by atoms with E-state index < -0.39 is 37.4 Å². The number of carboxylic acid groups (broad SMARTS) is 1. The van der Waals surface area contributed by atoms with Crippen LogP contribution < -0.4 is 5.32 Å². The summed E-state index contributed by atoms with van der Waals surface area (Å²) in [7, 11) is -3.42. The Bertz CT molecular complexity index is 5230. The Labute approximate surface area is 856 Å². The van der Waals surface area contributed by atoms with E-state index in [4.69, 9.17) is 18.8 Å². The van der Waals surface area contributed by atoms with Gasteiger partial charge in [-0.1, -0.05) is 218 Å². The molecule has 0 bridgehead atoms. The third-order valence-corrected chi connectivity index (χ3v) is 29.3. The van der Waals surface area contributed by atoms with Crippen molar-refractivity contribution in [1.82, 2.24) is 59.6 Å². The van der Waals surface area contributed by atoms with Crippen molar-refractivity contribution in [2.24, 2.45) is 10.8 Å². The molecular formula is C103H136BrClN12O14S7. The lowest BCUT2D eigenvalue weighted by Crippen LogP contribution is -2.49. The number of hydrogen-bond acceptors (Lipinski definition) is 24. The summed E-state index contributed by atoms with van der Waals surface area (Å²) in [5.74, 6) is 5.20. The van der Waals surface area contributed by atoms with E-state index in [-0.39, 0.29) is 41.5 Å². The van der Waals surface area contributed by atoms with E-state index in [1.54, 1.807) is 40.2 Å². The number of thioether (sulfide) groups is 5. The van der Waals surface area contributed by atoms with Crippen LogP contribution in [0.5, 0.6) is 0 Å². The highest BCUT2D eigenvalue weighted by Crippen LogP contribution is 2.43. The Morgan fingerprint density at radius 1 is 0.478 bits per heavy atom. The number of aromatic nitrogens is 8. The molecule has 16 rings (SSSR count). The molecule has 0 unspecified atom stereocenters. The Morgan fingerprint density at radius 2 is 0.804 bits per heavy atom. The largest absolute Gasteiger partial charge is 0.481 e. The van der Waals surface area contributed by atoms with Crippen molar-refractivity contribution in [3.8, 4) is 0 Å². The molecule has 748 valence electrons. The van der Waals surface area contributed by atoms with Crippen molar-refractivity contribution in [3.05, 3.63) is 265 Å². The number of nitrogens with one attached hydrogen (secondary N) is 2. The summed E-state index contributed by atoms with van der Waals surface area (Å²) < 4.78 is 43.9. The molecule has 3 amide bonds. The second-order valence-electron chi connectivity index (χ2n) is 36.2. The van der Waals surface area contributed by atoms with Gasteiger partial charge in [0.1, 0.15) is 46.4 Å². The summed E-state index contributed by atoms with van der Waals surface area (Å²) in [6.07, 6.45) is 32.0. The number of piperidine rings is 4. The van der Waals surface area contributed by atoms with Gasteiger partial charge < -0.3 is 53.8 Å². The van der Waals surface area contributed by atoms with Gasteiger partial charge in [0.05, 0.1) is 60.7 Å². The van der Waals surface area contributed by atoms with Gasteiger partial charge >= 0.3 is 18.2 Å². The number of carboxylic acids is 1. The highest BCUT2D eigenvalue weighted by molar-refractivity contribution is 9.10. The number of amides is 3. The normalized spacial score (nSPS) is 15.7. The Morgan fingerprint density at radius 3 is 1.08 bits per heavy atom. The number of hydrogen-bond donors (Lipinski definition) is 4. The molecule has 0 atom stereocenters. The molecule has 138 heavy (non-hydrogen) atoms. The van der Waals surface area contributed by atoms with Gasteiger partial charge in [-0.15, -0.1) is 71.2 Å². The predicted molar refractivity (Wildman–Crippen MR) is 565 cm³/mol. The standard InChI is InChI=1S/C21H27N3OS.C20H27N3O2S.C15H19N3S.C11H21NO5S.C10H10N2S.C10H10O2S.C7H8S.C6H10O2.C3H3BrO2.ClH/c1-21(10-5-11-21)20(25)23-12-8-18(9-13-23)24-15-19(14-22-24)26-16-17-6-3-2-4-7-17;1-20(2,3)25-19(24)22-11-9-17(10-12-22)23-14-18(13-21-23)26-15-16-7-5-4-6-8-16;1-2-4-13(5-3-1)12-19-15-10-17-18(11-15)14-6-8-16-9-7-14;1-11(2,3)16-10(13)12-7-5-9(6-8-12)17-18(4,14)15;1-2-4-9(5-3-1)8-13-10-6-11-12-7-10;11-6-10(7-12)13-8-9-4-2-1-3-5-9;8-6-7-4-2-1-3-5-7;1-6(5(7)8)3-2-4-6;4-3(1-5)2-6;/h2-4,6-7,14-15,18H,5,8-13,16H2,1H3;4-8,13-14,17H,9-12,15H2,1-3H3;1-5,10-11,14,16H,6-9,12H2;9H,5-8H2,1-4H3;1-7H,8H2,(H,11,12);1-7,10H,8H2;1-5,8H,6H2;2-4H2,1H3,(H,7,8);1-3H;1H. The molecule has 4 saturated heterocycles. The Hall–Kier alpha value is -8.94. The number of alkyl halides is 1. The zero-order chi connectivity index (χ0) is 98.9. The van der Waals surface area contributed by atoms with Crippen LogP contribution in [0.1, 0.15) is 197 Å². The third kappa shape index (κ3) is 44.5. The van der Waals surface area contributed by atoms with Crippen molar-refractivity contribution in [3.63, 3.8) is 0 Å². The molecule has 2 saturated carbocycles. The molecule has 4 aromatic heterocycles. The van der Waals surface area contributed by atoms with Gasteiger partial charge in [0.25, 0.3) is 10.1 Å². The first-order valence-corrected chi connectivity index (χ1v) is 54.7. The first kappa shape index (κ1) is 116. The van der Waals surface area contributed by atoms with Crippen LogP contribution in [0.4, 0.5) is 9.59 Å². The maximum absolute atomic E-state index is 12.7. The molecule has 26 nitrogen and oxygen atoms in total. The number of likely N-dealkylation sites (tertiary alicyclic amines) is 3. The van der Waals surface area contributed by atoms with Gasteiger partial charge in [0.15, 0.2) is 0 Å². The average Bonchev–Trinajstić information content (AvgIpc) is 1.39. The van der Waals surface area contributed by atoms with Gasteiger partial charge in [0, 0.05) is 124 Å². The molecule has 0 spiro atoms. The van der Waals surface area contributed by atoms with Gasteiger partial charge in [-0.3, -0.25) is 32.9 Å². The van der Waals surface area contributed by atoms with Crippen LogP contribution in [-0.4, -0.2) is 203 Å². The molecule has 8 heterocycles. The van der Waals surface area contributed by atoms with Crippen molar-refractivity contribution in [2.75, 3.05) is 58.6 Å². The van der Waals surface area contributed by atoms with E-state index in [0.717, 1.165) is 125 Å². The van der Waals surface area contributed by atoms with E-state index in [1.807, 2.05) is 157 Å². The SMILES string of the molecule is CC(C)(C)OC(=O)N1CCC(OS(C)(=O)=O)CC1.CC(C)(C)OC(=O)N1CCC(n2cc(SCc3ccccc3)cn2)CC1.CC1(C(=O)N2CCC(n3cc(SCc4ccccc4)cn3)CC2)CCC1.CC1(C(=O)O)CCC1.Cl.O=CC(Br)C=O.O=CC(C=O)SCc1ccccc1.SCc1ccccc1.c1ccc(CSc2cn[nH]c2)cc1.c1ccc(CSc2cnn(C3CCNCC3)c2)cc1. The number of halogens is 2. The second kappa shape index (κ2) is 61.7. The monoisotopic (exact) mass is 2100 g/mol. The molecule has 6 fully saturated rings. The molecule has 2 aliphatic carbocycles. The minimum Gasteiger partial charge on any atom is -0.481 e. The number of rotatable bonds is 27. The average molecular weight is 2110 g/mol. The van der Waals surface area contributed by atoms with Crippen LogP contribution in [-0.2, 0) is 87.1 Å². The van der Waals surface area contributed by atoms with Crippen LogP contribution in [0, 0.1) is 10.8 Å². The topological polar surface area (TPSA) is 323 Å².